The summed E-state index contributed by atoms with van der Waals surface area (Å²) in [5.74, 6) is 2.02. The molecule has 0 amide bonds. The lowest BCUT2D eigenvalue weighted by Crippen LogP contribution is -2.24. The van der Waals surface area contributed by atoms with E-state index in [1.54, 1.807) is 0 Å². The highest BCUT2D eigenvalue weighted by Crippen LogP contribution is 2.15. The fourth-order valence-electron chi connectivity index (χ4n) is 1.70. The highest BCUT2D eigenvalue weighted by Gasteiger charge is 2.09. The number of H-pyrrole nitrogens is 1. The predicted octanol–water partition coefficient (Wildman–Crippen LogP) is 2.10. The minimum atomic E-state index is 0.974. The summed E-state index contributed by atoms with van der Waals surface area (Å²) in [7, 11) is 0. The first-order chi connectivity index (χ1) is 7.26. The van der Waals surface area contributed by atoms with E-state index in [-0.39, 0.29) is 0 Å². The molecular weight excluding hydrogens is 188 g/mol. The van der Waals surface area contributed by atoms with Crippen LogP contribution in [0.4, 0.5) is 11.8 Å². The summed E-state index contributed by atoms with van der Waals surface area (Å²) < 4.78 is 0. The van der Waals surface area contributed by atoms with Gasteiger partial charge in [-0.25, -0.2) is 0 Å². The van der Waals surface area contributed by atoms with Crippen LogP contribution in [0.1, 0.15) is 27.7 Å². The summed E-state index contributed by atoms with van der Waals surface area (Å²) in [6.45, 7) is 12.6. The van der Waals surface area contributed by atoms with Crippen molar-refractivity contribution in [1.29, 1.82) is 0 Å². The number of anilines is 2. The summed E-state index contributed by atoms with van der Waals surface area (Å²) in [5.41, 5.74) is 0. The summed E-state index contributed by atoms with van der Waals surface area (Å²) in [6, 6.07) is 0. The van der Waals surface area contributed by atoms with E-state index >= 15 is 0 Å². The van der Waals surface area contributed by atoms with Gasteiger partial charge in [-0.15, -0.1) is 0 Å². The number of imidazole rings is 1. The Bertz CT molecular complexity index is 247. The van der Waals surface area contributed by atoms with Crippen molar-refractivity contribution in [3.63, 3.8) is 0 Å². The molecule has 1 heterocycles. The van der Waals surface area contributed by atoms with E-state index in [0.29, 0.717) is 0 Å². The summed E-state index contributed by atoms with van der Waals surface area (Å²) >= 11 is 0. The van der Waals surface area contributed by atoms with Gasteiger partial charge in [0.2, 0.25) is 5.95 Å². The third-order valence-electron chi connectivity index (χ3n) is 2.70. The van der Waals surface area contributed by atoms with Crippen LogP contribution in [0, 0.1) is 0 Å². The Labute approximate surface area is 92.3 Å². The number of rotatable bonds is 6. The number of hydrogen-bond acceptors (Lipinski definition) is 3. The Kier molecular flexibility index (Phi) is 4.46. The van der Waals surface area contributed by atoms with Crippen molar-refractivity contribution in [1.82, 2.24) is 9.97 Å². The molecule has 1 aromatic heterocycles. The van der Waals surface area contributed by atoms with E-state index in [4.69, 9.17) is 0 Å². The number of nitrogens with one attached hydrogen (secondary N) is 1. The predicted molar refractivity (Wildman–Crippen MR) is 65.7 cm³/mol. The molecule has 4 nitrogen and oxygen atoms in total. The number of aromatic amines is 1. The molecule has 0 fully saturated rings. The first kappa shape index (κ1) is 11.9. The van der Waals surface area contributed by atoms with Gasteiger partial charge >= 0.3 is 0 Å². The molecule has 0 unspecified atom stereocenters. The van der Waals surface area contributed by atoms with Gasteiger partial charge in [0.25, 0.3) is 0 Å². The van der Waals surface area contributed by atoms with Crippen LogP contribution in [0.15, 0.2) is 6.20 Å². The first-order valence-electron chi connectivity index (χ1n) is 5.82. The second-order valence-corrected chi connectivity index (χ2v) is 3.43. The quantitative estimate of drug-likeness (QED) is 0.781. The van der Waals surface area contributed by atoms with Gasteiger partial charge in [-0.1, -0.05) is 0 Å². The molecule has 0 radical (unpaired) electrons. The fraction of sp³-hybridized carbons (Fsp3) is 0.727. The lowest BCUT2D eigenvalue weighted by molar-refractivity contribution is 0.821. The van der Waals surface area contributed by atoms with E-state index in [1.807, 2.05) is 6.20 Å². The number of nitrogens with zero attached hydrogens (tertiary/aromatic N) is 3. The average molecular weight is 210 g/mol. The Hall–Kier alpha value is -1.19. The average Bonchev–Trinajstić information content (AvgIpc) is 2.71. The summed E-state index contributed by atoms with van der Waals surface area (Å²) in [5, 5.41) is 0. The van der Waals surface area contributed by atoms with Gasteiger partial charge in [0.15, 0.2) is 0 Å². The van der Waals surface area contributed by atoms with Crippen molar-refractivity contribution in [2.75, 3.05) is 36.0 Å². The van der Waals surface area contributed by atoms with Crippen molar-refractivity contribution in [2.24, 2.45) is 0 Å². The monoisotopic (exact) mass is 210 g/mol. The van der Waals surface area contributed by atoms with Gasteiger partial charge < -0.3 is 14.8 Å². The molecule has 1 rings (SSSR count). The van der Waals surface area contributed by atoms with Gasteiger partial charge in [0, 0.05) is 32.4 Å². The summed E-state index contributed by atoms with van der Waals surface area (Å²) in [6.07, 6.45) is 1.99. The maximum Gasteiger partial charge on any atom is 0.204 e. The van der Waals surface area contributed by atoms with Crippen LogP contribution in [0.25, 0.3) is 0 Å². The third-order valence-corrected chi connectivity index (χ3v) is 2.70. The molecule has 0 aromatic carbocycles. The van der Waals surface area contributed by atoms with Gasteiger partial charge in [-0.3, -0.25) is 0 Å². The Balaban J connectivity index is 2.78. The van der Waals surface area contributed by atoms with Crippen LogP contribution in [-0.4, -0.2) is 36.1 Å². The molecule has 0 aliphatic carbocycles. The molecule has 0 aliphatic heterocycles. The topological polar surface area (TPSA) is 35.2 Å². The van der Waals surface area contributed by atoms with Gasteiger partial charge in [-0.05, 0) is 27.7 Å². The van der Waals surface area contributed by atoms with Gasteiger partial charge in [-0.2, -0.15) is 4.98 Å². The maximum absolute atomic E-state index is 4.59. The molecule has 0 aliphatic rings. The molecule has 0 atom stereocenters. The lowest BCUT2D eigenvalue weighted by Gasteiger charge is -2.19. The van der Waals surface area contributed by atoms with E-state index in [1.165, 1.54) is 0 Å². The maximum atomic E-state index is 4.59. The van der Waals surface area contributed by atoms with Crippen LogP contribution in [0.5, 0.6) is 0 Å². The van der Waals surface area contributed by atoms with Crippen LogP contribution in [0.2, 0.25) is 0 Å². The molecule has 0 saturated heterocycles. The zero-order chi connectivity index (χ0) is 11.3. The van der Waals surface area contributed by atoms with E-state index in [2.05, 4.69) is 47.5 Å². The lowest BCUT2D eigenvalue weighted by atomic mass is 10.5. The zero-order valence-corrected chi connectivity index (χ0v) is 10.2. The SMILES string of the molecule is CCN(CC)c1c[nH]c(N(CC)CC)n1. The van der Waals surface area contributed by atoms with E-state index in [0.717, 1.165) is 37.9 Å². The minimum Gasteiger partial charge on any atom is -0.356 e. The zero-order valence-electron chi connectivity index (χ0n) is 10.2. The number of hydrogen-bond donors (Lipinski definition) is 1. The second-order valence-electron chi connectivity index (χ2n) is 3.43. The van der Waals surface area contributed by atoms with Crippen LogP contribution in [0.3, 0.4) is 0 Å². The minimum absolute atomic E-state index is 0.974. The molecule has 4 heteroatoms. The highest BCUT2D eigenvalue weighted by atomic mass is 15.3. The third kappa shape index (κ3) is 2.64. The Morgan fingerprint density at radius 3 is 2.00 bits per heavy atom. The molecule has 1 aromatic rings. The Morgan fingerprint density at radius 2 is 1.53 bits per heavy atom. The van der Waals surface area contributed by atoms with E-state index in [9.17, 15) is 0 Å². The Morgan fingerprint density at radius 1 is 1.00 bits per heavy atom. The van der Waals surface area contributed by atoms with Crippen LogP contribution < -0.4 is 9.80 Å². The largest absolute Gasteiger partial charge is 0.356 e. The molecule has 86 valence electrons. The number of aromatic nitrogens is 2. The summed E-state index contributed by atoms with van der Waals surface area (Å²) in [4.78, 5) is 12.3. The normalized spacial score (nSPS) is 10.4. The molecule has 15 heavy (non-hydrogen) atoms. The van der Waals surface area contributed by atoms with Crippen molar-refractivity contribution >= 4 is 11.8 Å². The standard InChI is InChI=1S/C11H22N4/c1-5-14(6-2)10-9-12-11(13-10)15(7-3)8-4/h9H,5-8H2,1-4H3,(H,12,13). The van der Waals surface area contributed by atoms with Crippen molar-refractivity contribution in [2.45, 2.75) is 27.7 Å². The molecule has 0 saturated carbocycles. The molecule has 0 bridgehead atoms. The van der Waals surface area contributed by atoms with Crippen LogP contribution in [-0.2, 0) is 0 Å². The van der Waals surface area contributed by atoms with Crippen molar-refractivity contribution in [3.8, 4) is 0 Å². The smallest absolute Gasteiger partial charge is 0.204 e. The fourth-order valence-corrected chi connectivity index (χ4v) is 1.70. The van der Waals surface area contributed by atoms with E-state index < -0.39 is 0 Å². The van der Waals surface area contributed by atoms with Crippen molar-refractivity contribution in [3.05, 3.63) is 6.20 Å². The van der Waals surface area contributed by atoms with Gasteiger partial charge in [0.1, 0.15) is 5.82 Å². The molecule has 1 N–H and O–H groups in total. The molecular formula is C11H22N4. The first-order valence-corrected chi connectivity index (χ1v) is 5.82. The molecule has 0 spiro atoms. The highest BCUT2D eigenvalue weighted by molar-refractivity contribution is 5.44. The second kappa shape index (κ2) is 5.63. The van der Waals surface area contributed by atoms with Crippen LogP contribution >= 0.6 is 0 Å². The van der Waals surface area contributed by atoms with Gasteiger partial charge in [0.05, 0.1) is 0 Å². The van der Waals surface area contributed by atoms with Crippen molar-refractivity contribution < 1.29 is 0 Å².